The number of carbonyl (C=O) groups is 1. The highest BCUT2D eigenvalue weighted by molar-refractivity contribution is 5.89. The van der Waals surface area contributed by atoms with Crippen LogP contribution in [0.5, 0.6) is 0 Å². The van der Waals surface area contributed by atoms with Crippen molar-refractivity contribution in [3.05, 3.63) is 65.6 Å². The first-order valence-electron chi connectivity index (χ1n) is 9.33. The molecule has 2 N–H and O–H groups in total. The van der Waals surface area contributed by atoms with Gasteiger partial charge in [0.15, 0.2) is 0 Å². The lowest BCUT2D eigenvalue weighted by molar-refractivity contribution is 0.246. The average molecular weight is 382 g/mol. The van der Waals surface area contributed by atoms with Gasteiger partial charge < -0.3 is 9.88 Å². The number of rotatable bonds is 6. The summed E-state index contributed by atoms with van der Waals surface area (Å²) in [5.41, 5.74) is 1.61. The minimum absolute atomic E-state index is 0.125. The molecule has 3 aromatic rings. The van der Waals surface area contributed by atoms with Crippen molar-refractivity contribution in [2.75, 3.05) is 5.32 Å². The summed E-state index contributed by atoms with van der Waals surface area (Å²) in [5.74, 6) is 1.56. The van der Waals surface area contributed by atoms with Crippen LogP contribution in [0.25, 0.3) is 0 Å². The number of amides is 2. The Morgan fingerprint density at radius 3 is 2.89 bits per heavy atom. The molecule has 1 aliphatic rings. The Labute approximate surface area is 162 Å². The van der Waals surface area contributed by atoms with E-state index in [1.165, 1.54) is 12.1 Å². The first-order chi connectivity index (χ1) is 13.5. The SMILES string of the molecule is Cc1cnn(Cc2cccc(F)c2)c1NC(=O)N[C@@H](c1nccn1C)C1CC1. The number of urea groups is 1. The van der Waals surface area contributed by atoms with Gasteiger partial charge in [0.05, 0.1) is 18.8 Å². The molecule has 2 amide bonds. The van der Waals surface area contributed by atoms with Gasteiger partial charge in [0.1, 0.15) is 17.5 Å². The molecule has 0 saturated heterocycles. The summed E-state index contributed by atoms with van der Waals surface area (Å²) in [4.78, 5) is 17.1. The Balaban J connectivity index is 1.48. The maximum atomic E-state index is 13.5. The molecule has 0 spiro atoms. The minimum Gasteiger partial charge on any atom is -0.336 e. The van der Waals surface area contributed by atoms with Crippen molar-refractivity contribution in [1.82, 2.24) is 24.6 Å². The van der Waals surface area contributed by atoms with Gasteiger partial charge in [-0.1, -0.05) is 12.1 Å². The van der Waals surface area contributed by atoms with E-state index in [2.05, 4.69) is 20.7 Å². The molecule has 0 bridgehead atoms. The third-order valence-corrected chi connectivity index (χ3v) is 4.99. The lowest BCUT2D eigenvalue weighted by Gasteiger charge is -2.19. The molecule has 2 heterocycles. The van der Waals surface area contributed by atoms with Crippen LogP contribution in [0.4, 0.5) is 15.0 Å². The zero-order chi connectivity index (χ0) is 19.7. The molecule has 1 fully saturated rings. The van der Waals surface area contributed by atoms with Crippen molar-refractivity contribution in [3.8, 4) is 0 Å². The van der Waals surface area contributed by atoms with Gasteiger partial charge in [0.2, 0.25) is 0 Å². The zero-order valence-electron chi connectivity index (χ0n) is 15.9. The van der Waals surface area contributed by atoms with E-state index in [4.69, 9.17) is 0 Å². The van der Waals surface area contributed by atoms with Crippen molar-refractivity contribution < 1.29 is 9.18 Å². The van der Waals surface area contributed by atoms with E-state index in [1.807, 2.05) is 30.8 Å². The molecule has 0 unspecified atom stereocenters. The minimum atomic E-state index is -0.302. The summed E-state index contributed by atoms with van der Waals surface area (Å²) in [6.45, 7) is 2.24. The van der Waals surface area contributed by atoms with Gasteiger partial charge in [-0.25, -0.2) is 18.9 Å². The number of hydrogen-bond donors (Lipinski definition) is 2. The quantitative estimate of drug-likeness (QED) is 0.686. The second kappa shape index (κ2) is 7.46. The van der Waals surface area contributed by atoms with Crippen LogP contribution < -0.4 is 10.6 Å². The molecule has 1 atom stereocenters. The van der Waals surface area contributed by atoms with Crippen LogP contribution in [-0.2, 0) is 13.6 Å². The van der Waals surface area contributed by atoms with E-state index in [-0.39, 0.29) is 17.9 Å². The molecule has 1 saturated carbocycles. The molecule has 146 valence electrons. The van der Waals surface area contributed by atoms with E-state index in [1.54, 1.807) is 23.1 Å². The zero-order valence-corrected chi connectivity index (χ0v) is 15.9. The van der Waals surface area contributed by atoms with Crippen LogP contribution >= 0.6 is 0 Å². The third-order valence-electron chi connectivity index (χ3n) is 4.99. The lowest BCUT2D eigenvalue weighted by Crippen LogP contribution is -2.35. The second-order valence-electron chi connectivity index (χ2n) is 7.27. The van der Waals surface area contributed by atoms with Gasteiger partial charge >= 0.3 is 6.03 Å². The number of aromatic nitrogens is 4. The van der Waals surface area contributed by atoms with E-state index < -0.39 is 0 Å². The highest BCUT2D eigenvalue weighted by Crippen LogP contribution is 2.40. The third kappa shape index (κ3) is 3.90. The predicted molar refractivity (Wildman–Crippen MR) is 103 cm³/mol. The van der Waals surface area contributed by atoms with Gasteiger partial charge in [-0.05, 0) is 43.4 Å². The monoisotopic (exact) mass is 382 g/mol. The Kier molecular flexibility index (Phi) is 4.85. The van der Waals surface area contributed by atoms with E-state index >= 15 is 0 Å². The normalized spacial score (nSPS) is 14.7. The molecule has 7 nitrogen and oxygen atoms in total. The average Bonchev–Trinajstić information content (AvgIpc) is 3.34. The summed E-state index contributed by atoms with van der Waals surface area (Å²) < 4.78 is 17.1. The number of imidazole rings is 1. The molecule has 1 aliphatic carbocycles. The first-order valence-corrected chi connectivity index (χ1v) is 9.33. The number of aryl methyl sites for hydroxylation is 2. The smallest absolute Gasteiger partial charge is 0.321 e. The molecule has 1 aromatic carbocycles. The van der Waals surface area contributed by atoms with Crippen LogP contribution in [-0.4, -0.2) is 25.4 Å². The molecule has 28 heavy (non-hydrogen) atoms. The number of halogens is 1. The molecule has 8 heteroatoms. The summed E-state index contributed by atoms with van der Waals surface area (Å²) in [6, 6.07) is 5.93. The van der Waals surface area contributed by atoms with Crippen molar-refractivity contribution in [2.45, 2.75) is 32.4 Å². The number of carbonyl (C=O) groups excluding carboxylic acids is 1. The fourth-order valence-electron chi connectivity index (χ4n) is 3.35. The standard InChI is InChI=1S/C20H23FN6O/c1-13-11-23-27(12-14-4-3-5-16(21)10-14)18(13)25-20(28)24-17(15-6-7-15)19-22-8-9-26(19)2/h3-5,8-11,15,17H,6-7,12H2,1-2H3,(H2,24,25,28)/t17-/m1/s1. The maximum absolute atomic E-state index is 13.5. The van der Waals surface area contributed by atoms with Crippen LogP contribution in [0.3, 0.4) is 0 Å². The van der Waals surface area contributed by atoms with Crippen molar-refractivity contribution in [3.63, 3.8) is 0 Å². The van der Waals surface area contributed by atoms with Gasteiger partial charge in [-0.15, -0.1) is 0 Å². The Hall–Kier alpha value is -3.16. The molecule has 4 rings (SSSR count). The Bertz CT molecular complexity index is 990. The topological polar surface area (TPSA) is 76.8 Å². The number of hydrogen-bond acceptors (Lipinski definition) is 3. The number of anilines is 1. The molecule has 0 radical (unpaired) electrons. The van der Waals surface area contributed by atoms with Crippen molar-refractivity contribution in [1.29, 1.82) is 0 Å². The Morgan fingerprint density at radius 2 is 2.21 bits per heavy atom. The number of benzene rings is 1. The highest BCUT2D eigenvalue weighted by atomic mass is 19.1. The van der Waals surface area contributed by atoms with Gasteiger partial charge in [0, 0.05) is 25.0 Å². The van der Waals surface area contributed by atoms with Gasteiger partial charge in [-0.2, -0.15) is 5.10 Å². The fourth-order valence-corrected chi connectivity index (χ4v) is 3.35. The maximum Gasteiger partial charge on any atom is 0.321 e. The summed E-state index contributed by atoms with van der Waals surface area (Å²) >= 11 is 0. The van der Waals surface area contributed by atoms with Crippen molar-refractivity contribution >= 4 is 11.8 Å². The van der Waals surface area contributed by atoms with E-state index in [9.17, 15) is 9.18 Å². The lowest BCUT2D eigenvalue weighted by atomic mass is 10.1. The summed E-state index contributed by atoms with van der Waals surface area (Å²) in [5, 5.41) is 10.3. The van der Waals surface area contributed by atoms with Gasteiger partial charge in [-0.3, -0.25) is 5.32 Å². The predicted octanol–water partition coefficient (Wildman–Crippen LogP) is 3.39. The largest absolute Gasteiger partial charge is 0.336 e. The first kappa shape index (κ1) is 18.2. The van der Waals surface area contributed by atoms with Crippen LogP contribution in [0.2, 0.25) is 0 Å². The van der Waals surface area contributed by atoms with Crippen LogP contribution in [0.1, 0.15) is 35.8 Å². The van der Waals surface area contributed by atoms with Crippen molar-refractivity contribution in [2.24, 2.45) is 13.0 Å². The molecule has 2 aromatic heterocycles. The second-order valence-corrected chi connectivity index (χ2v) is 7.27. The molecular weight excluding hydrogens is 359 g/mol. The molecule has 0 aliphatic heterocycles. The molecular formula is C20H23FN6O. The summed E-state index contributed by atoms with van der Waals surface area (Å²) in [7, 11) is 1.93. The fraction of sp³-hybridized carbons (Fsp3) is 0.350. The number of nitrogens with zero attached hydrogens (tertiary/aromatic N) is 4. The van der Waals surface area contributed by atoms with Crippen LogP contribution in [0.15, 0.2) is 42.9 Å². The number of nitrogens with one attached hydrogen (secondary N) is 2. The van der Waals surface area contributed by atoms with Crippen LogP contribution in [0, 0.1) is 18.7 Å². The van der Waals surface area contributed by atoms with E-state index in [0.29, 0.717) is 18.3 Å². The highest BCUT2D eigenvalue weighted by Gasteiger charge is 2.35. The van der Waals surface area contributed by atoms with Gasteiger partial charge in [0.25, 0.3) is 0 Å². The van der Waals surface area contributed by atoms with E-state index in [0.717, 1.165) is 29.8 Å². The Morgan fingerprint density at radius 1 is 1.39 bits per heavy atom. The summed E-state index contributed by atoms with van der Waals surface area (Å²) in [6.07, 6.45) is 7.46.